The minimum Gasteiger partial charge on any atom is -0.382 e. The van der Waals surface area contributed by atoms with Gasteiger partial charge in [0, 0.05) is 38.8 Å². The lowest BCUT2D eigenvalue weighted by Crippen LogP contribution is -2.31. The van der Waals surface area contributed by atoms with Crippen molar-refractivity contribution in [3.63, 3.8) is 0 Å². The highest BCUT2D eigenvalue weighted by Gasteiger charge is 2.22. The van der Waals surface area contributed by atoms with E-state index in [1.54, 1.807) is 7.11 Å². The second-order valence-corrected chi connectivity index (χ2v) is 5.78. The van der Waals surface area contributed by atoms with Crippen LogP contribution in [0.25, 0.3) is 0 Å². The van der Waals surface area contributed by atoms with E-state index in [0.29, 0.717) is 32.7 Å². The van der Waals surface area contributed by atoms with E-state index >= 15 is 0 Å². The number of rotatable bonds is 13. The van der Waals surface area contributed by atoms with E-state index < -0.39 is 0 Å². The summed E-state index contributed by atoms with van der Waals surface area (Å²) in [6.45, 7) is 4.11. The van der Waals surface area contributed by atoms with Crippen LogP contribution in [0.3, 0.4) is 0 Å². The van der Waals surface area contributed by atoms with Crippen LogP contribution in [0.5, 0.6) is 0 Å². The van der Waals surface area contributed by atoms with Crippen LogP contribution in [0.15, 0.2) is 12.2 Å². The van der Waals surface area contributed by atoms with Gasteiger partial charge >= 0.3 is 0 Å². The molecule has 0 aromatic carbocycles. The number of nitrogens with zero attached hydrogens (tertiary/aromatic N) is 1. The Bertz CT molecular complexity index is 432. The number of unbranched alkanes of at least 4 members (excludes halogenated alkanes) is 2. The zero-order chi connectivity index (χ0) is 17.8. The van der Waals surface area contributed by atoms with Crippen LogP contribution >= 0.6 is 0 Å². The van der Waals surface area contributed by atoms with E-state index in [4.69, 9.17) is 9.47 Å². The van der Waals surface area contributed by atoms with Gasteiger partial charge in [-0.25, -0.2) is 0 Å². The first kappa shape index (κ1) is 20.3. The molecule has 3 amide bonds. The number of hydrogen-bond donors (Lipinski definition) is 1. The molecular formula is C17H28N2O5. The average Bonchev–Trinajstić information content (AvgIpc) is 2.86. The van der Waals surface area contributed by atoms with E-state index in [0.717, 1.165) is 25.7 Å². The highest BCUT2D eigenvalue weighted by Crippen LogP contribution is 2.07. The maximum Gasteiger partial charge on any atom is 0.253 e. The summed E-state index contributed by atoms with van der Waals surface area (Å²) in [5, 5.41) is 2.87. The van der Waals surface area contributed by atoms with Crippen molar-refractivity contribution in [3.05, 3.63) is 12.2 Å². The van der Waals surface area contributed by atoms with Crippen molar-refractivity contribution < 1.29 is 23.9 Å². The first-order valence-corrected chi connectivity index (χ1v) is 8.45. The van der Waals surface area contributed by atoms with Crippen LogP contribution in [0.4, 0.5) is 0 Å². The quantitative estimate of drug-likeness (QED) is 0.400. The van der Waals surface area contributed by atoms with Crippen molar-refractivity contribution in [1.82, 2.24) is 10.2 Å². The van der Waals surface area contributed by atoms with Gasteiger partial charge in [0.2, 0.25) is 5.91 Å². The van der Waals surface area contributed by atoms with Crippen molar-refractivity contribution >= 4 is 17.7 Å². The fourth-order valence-corrected chi connectivity index (χ4v) is 2.30. The van der Waals surface area contributed by atoms with Gasteiger partial charge in [0.25, 0.3) is 11.8 Å². The second kappa shape index (κ2) is 11.8. The molecule has 1 aliphatic rings. The highest BCUT2D eigenvalue weighted by atomic mass is 16.5. The van der Waals surface area contributed by atoms with Gasteiger partial charge in [-0.2, -0.15) is 0 Å². The minimum absolute atomic E-state index is 0.0223. The average molecular weight is 340 g/mol. The second-order valence-electron chi connectivity index (χ2n) is 5.78. The third-order valence-electron chi connectivity index (χ3n) is 3.75. The van der Waals surface area contributed by atoms with Crippen LogP contribution in [-0.4, -0.2) is 62.1 Å². The molecule has 1 heterocycles. The van der Waals surface area contributed by atoms with Crippen LogP contribution < -0.4 is 5.32 Å². The fourth-order valence-electron chi connectivity index (χ4n) is 2.30. The standard InChI is InChI=1S/C17H28N2O5/c1-14(24-13-12-23-2)9-10-18-15(20)6-4-3-5-11-19-16(21)7-8-17(19)22/h7-8,14H,3-6,9-13H2,1-2H3,(H,18,20). The molecule has 0 fully saturated rings. The topological polar surface area (TPSA) is 84.9 Å². The van der Waals surface area contributed by atoms with E-state index in [1.165, 1.54) is 17.1 Å². The SMILES string of the molecule is COCCOC(C)CCNC(=O)CCCCCN1C(=O)C=CC1=O. The molecular weight excluding hydrogens is 312 g/mol. The third kappa shape index (κ3) is 8.21. The summed E-state index contributed by atoms with van der Waals surface area (Å²) in [5.41, 5.74) is 0. The number of imide groups is 1. The Morgan fingerprint density at radius 1 is 1.17 bits per heavy atom. The summed E-state index contributed by atoms with van der Waals surface area (Å²) < 4.78 is 10.4. The first-order valence-electron chi connectivity index (χ1n) is 8.45. The van der Waals surface area contributed by atoms with E-state index in [1.807, 2.05) is 6.92 Å². The number of methoxy groups -OCH3 is 1. The van der Waals surface area contributed by atoms with Gasteiger partial charge in [-0.1, -0.05) is 6.42 Å². The summed E-state index contributed by atoms with van der Waals surface area (Å²) in [6.07, 6.45) is 6.16. The van der Waals surface area contributed by atoms with Crippen molar-refractivity contribution in [3.8, 4) is 0 Å². The van der Waals surface area contributed by atoms with Crippen LogP contribution in [0.1, 0.15) is 39.0 Å². The maximum atomic E-state index is 11.7. The van der Waals surface area contributed by atoms with Crippen molar-refractivity contribution in [2.45, 2.75) is 45.1 Å². The Morgan fingerprint density at radius 2 is 1.88 bits per heavy atom. The molecule has 0 saturated carbocycles. The van der Waals surface area contributed by atoms with Gasteiger partial charge in [-0.05, 0) is 26.2 Å². The number of nitrogens with one attached hydrogen (secondary N) is 1. The molecule has 0 saturated heterocycles. The smallest absolute Gasteiger partial charge is 0.253 e. The lowest BCUT2D eigenvalue weighted by molar-refractivity contribution is -0.137. The number of amides is 3. The lowest BCUT2D eigenvalue weighted by atomic mass is 10.1. The number of ether oxygens (including phenoxy) is 2. The number of carbonyl (C=O) groups is 3. The summed E-state index contributed by atoms with van der Waals surface area (Å²) >= 11 is 0. The lowest BCUT2D eigenvalue weighted by Gasteiger charge is -2.14. The molecule has 136 valence electrons. The van der Waals surface area contributed by atoms with Gasteiger partial charge in [0.15, 0.2) is 0 Å². The molecule has 1 atom stereocenters. The molecule has 24 heavy (non-hydrogen) atoms. The normalized spacial score (nSPS) is 15.2. The minimum atomic E-state index is -0.250. The van der Waals surface area contributed by atoms with Gasteiger partial charge in [-0.15, -0.1) is 0 Å². The Labute approximate surface area is 143 Å². The molecule has 0 aromatic rings. The molecule has 0 aliphatic carbocycles. The molecule has 0 spiro atoms. The molecule has 1 rings (SSSR count). The zero-order valence-electron chi connectivity index (χ0n) is 14.6. The predicted octanol–water partition coefficient (Wildman–Crippen LogP) is 1.03. The summed E-state index contributed by atoms with van der Waals surface area (Å²) in [7, 11) is 1.63. The largest absolute Gasteiger partial charge is 0.382 e. The molecule has 7 heteroatoms. The van der Waals surface area contributed by atoms with Gasteiger partial charge in [0.1, 0.15) is 0 Å². The van der Waals surface area contributed by atoms with Crippen molar-refractivity contribution in [2.24, 2.45) is 0 Å². The van der Waals surface area contributed by atoms with Crippen molar-refractivity contribution in [2.75, 3.05) is 33.4 Å². The third-order valence-corrected chi connectivity index (χ3v) is 3.75. The summed E-state index contributed by atoms with van der Waals surface area (Å²) in [4.78, 5) is 35.6. The highest BCUT2D eigenvalue weighted by molar-refractivity contribution is 6.12. The Kier molecular flexibility index (Phi) is 9.95. The Hall–Kier alpha value is -1.73. The Balaban J connectivity index is 1.96. The molecule has 0 aromatic heterocycles. The summed E-state index contributed by atoms with van der Waals surface area (Å²) in [5.74, 6) is -0.478. The van der Waals surface area contributed by atoms with E-state index in [9.17, 15) is 14.4 Å². The van der Waals surface area contributed by atoms with Crippen LogP contribution in [0, 0.1) is 0 Å². The van der Waals surface area contributed by atoms with Gasteiger partial charge in [0.05, 0.1) is 19.3 Å². The van der Waals surface area contributed by atoms with E-state index in [2.05, 4.69) is 5.32 Å². The molecule has 1 unspecified atom stereocenters. The first-order chi connectivity index (χ1) is 11.5. The van der Waals surface area contributed by atoms with E-state index in [-0.39, 0.29) is 23.8 Å². The maximum absolute atomic E-state index is 11.7. The Morgan fingerprint density at radius 3 is 2.54 bits per heavy atom. The fraction of sp³-hybridized carbons (Fsp3) is 0.706. The summed E-state index contributed by atoms with van der Waals surface area (Å²) in [6, 6.07) is 0. The number of hydrogen-bond acceptors (Lipinski definition) is 5. The predicted molar refractivity (Wildman–Crippen MR) is 89.2 cm³/mol. The molecule has 1 aliphatic heterocycles. The molecule has 7 nitrogen and oxygen atoms in total. The zero-order valence-corrected chi connectivity index (χ0v) is 14.6. The monoisotopic (exact) mass is 340 g/mol. The molecule has 0 bridgehead atoms. The van der Waals surface area contributed by atoms with Crippen LogP contribution in [-0.2, 0) is 23.9 Å². The molecule has 0 radical (unpaired) electrons. The molecule has 1 N–H and O–H groups in total. The van der Waals surface area contributed by atoms with Crippen molar-refractivity contribution in [1.29, 1.82) is 0 Å². The van der Waals surface area contributed by atoms with Gasteiger partial charge < -0.3 is 14.8 Å². The van der Waals surface area contributed by atoms with Crippen LogP contribution in [0.2, 0.25) is 0 Å². The number of carbonyl (C=O) groups excluding carboxylic acids is 3. The van der Waals surface area contributed by atoms with Gasteiger partial charge in [-0.3, -0.25) is 19.3 Å².